The molecule has 2 aromatic heterocycles. The number of aryl methyl sites for hydroxylation is 1. The lowest BCUT2D eigenvalue weighted by atomic mass is 10.2. The predicted octanol–water partition coefficient (Wildman–Crippen LogP) is 4.62. The van der Waals surface area contributed by atoms with E-state index in [1.807, 2.05) is 0 Å². The maximum Gasteiger partial charge on any atom is 0.341 e. The normalized spacial score (nSPS) is 11.5. The third-order valence-electron chi connectivity index (χ3n) is 4.71. The van der Waals surface area contributed by atoms with Crippen LogP contribution >= 0.6 is 11.8 Å². The number of hydrogen-bond donors (Lipinski definition) is 1. The van der Waals surface area contributed by atoms with E-state index in [1.165, 1.54) is 38.1 Å². The minimum absolute atomic E-state index is 0.0372. The molecule has 0 saturated carbocycles. The first-order chi connectivity index (χ1) is 15.8. The van der Waals surface area contributed by atoms with Gasteiger partial charge in [-0.25, -0.2) is 18.2 Å². The summed E-state index contributed by atoms with van der Waals surface area (Å²) in [5.41, 5.74) is 1.53. The molecule has 0 bridgehead atoms. The van der Waals surface area contributed by atoms with E-state index in [-0.39, 0.29) is 4.90 Å². The van der Waals surface area contributed by atoms with Crippen molar-refractivity contribution in [2.45, 2.75) is 22.8 Å². The van der Waals surface area contributed by atoms with Gasteiger partial charge in [-0.3, -0.25) is 4.72 Å². The lowest BCUT2D eigenvalue weighted by molar-refractivity contribution is 0.0598. The average molecular weight is 489 g/mol. The molecular formula is C22H20N2O7S2. The van der Waals surface area contributed by atoms with Gasteiger partial charge in [0.25, 0.3) is 15.2 Å². The summed E-state index contributed by atoms with van der Waals surface area (Å²) >= 11 is 1.26. The van der Waals surface area contributed by atoms with Gasteiger partial charge >= 0.3 is 5.97 Å². The van der Waals surface area contributed by atoms with Crippen molar-refractivity contribution in [1.29, 1.82) is 0 Å². The summed E-state index contributed by atoms with van der Waals surface area (Å²) in [5.74, 6) is 1.33. The summed E-state index contributed by atoms with van der Waals surface area (Å²) in [4.78, 5) is 16.1. The van der Waals surface area contributed by atoms with Crippen molar-refractivity contribution in [3.63, 3.8) is 0 Å². The van der Waals surface area contributed by atoms with Gasteiger partial charge in [0.2, 0.25) is 0 Å². The van der Waals surface area contributed by atoms with E-state index in [0.717, 1.165) is 0 Å². The summed E-state index contributed by atoms with van der Waals surface area (Å²) in [5, 5.41) is 0.339. The number of anilines is 1. The van der Waals surface area contributed by atoms with Crippen LogP contribution in [0.4, 0.5) is 5.69 Å². The molecule has 0 radical (unpaired) electrons. The monoisotopic (exact) mass is 488 g/mol. The Morgan fingerprint density at radius 1 is 1.12 bits per heavy atom. The van der Waals surface area contributed by atoms with Crippen LogP contribution in [0.2, 0.25) is 0 Å². The smallest absolute Gasteiger partial charge is 0.341 e. The number of para-hydroxylation sites is 2. The van der Waals surface area contributed by atoms with Crippen LogP contribution < -0.4 is 9.46 Å². The summed E-state index contributed by atoms with van der Waals surface area (Å²) < 4.78 is 49.5. The van der Waals surface area contributed by atoms with Crippen LogP contribution in [-0.4, -0.2) is 33.6 Å². The number of aromatic nitrogens is 1. The Bertz CT molecular complexity index is 1420. The quantitative estimate of drug-likeness (QED) is 0.280. The Hall–Kier alpha value is -3.44. The van der Waals surface area contributed by atoms with Crippen LogP contribution in [-0.2, 0) is 20.5 Å². The number of sulfonamides is 1. The molecule has 11 heteroatoms. The highest BCUT2D eigenvalue weighted by Crippen LogP contribution is 2.30. The van der Waals surface area contributed by atoms with Crippen molar-refractivity contribution in [3.8, 4) is 5.75 Å². The summed E-state index contributed by atoms with van der Waals surface area (Å²) in [6, 6.07) is 12.8. The van der Waals surface area contributed by atoms with Crippen LogP contribution in [0, 0.1) is 6.92 Å². The lowest BCUT2D eigenvalue weighted by Gasteiger charge is -2.11. The molecule has 9 nitrogen and oxygen atoms in total. The largest absolute Gasteiger partial charge is 0.495 e. The Morgan fingerprint density at radius 2 is 1.91 bits per heavy atom. The van der Waals surface area contributed by atoms with Crippen molar-refractivity contribution < 1.29 is 31.5 Å². The fourth-order valence-electron chi connectivity index (χ4n) is 3.11. The number of oxazole rings is 1. The van der Waals surface area contributed by atoms with E-state index in [4.69, 9.17) is 18.3 Å². The molecule has 0 aliphatic carbocycles. The van der Waals surface area contributed by atoms with Crippen LogP contribution in [0.25, 0.3) is 11.1 Å². The lowest BCUT2D eigenvalue weighted by Crippen LogP contribution is -2.13. The van der Waals surface area contributed by atoms with Crippen molar-refractivity contribution >= 4 is 44.5 Å². The fraction of sp³-hybridized carbons (Fsp3) is 0.182. The number of methoxy groups -OCH3 is 2. The number of hydrogen-bond acceptors (Lipinski definition) is 9. The zero-order chi connectivity index (χ0) is 23.6. The first-order valence-corrected chi connectivity index (χ1v) is 12.1. The predicted molar refractivity (Wildman–Crippen MR) is 122 cm³/mol. The maximum absolute atomic E-state index is 12.9. The zero-order valence-corrected chi connectivity index (χ0v) is 19.6. The van der Waals surface area contributed by atoms with E-state index in [0.29, 0.717) is 50.6 Å². The SMILES string of the molecule is COC(=O)c1cc(CSc2nc3cc(S(=O)(=O)Nc4ccccc4OC)ccc3o2)oc1C. The Morgan fingerprint density at radius 3 is 2.67 bits per heavy atom. The van der Waals surface area contributed by atoms with Gasteiger partial charge in [0, 0.05) is 0 Å². The molecule has 172 valence electrons. The topological polar surface area (TPSA) is 121 Å². The summed E-state index contributed by atoms with van der Waals surface area (Å²) in [7, 11) is -1.10. The molecule has 0 atom stereocenters. The van der Waals surface area contributed by atoms with Crippen molar-refractivity contribution in [2.75, 3.05) is 18.9 Å². The van der Waals surface area contributed by atoms with Crippen LogP contribution in [0.15, 0.2) is 67.5 Å². The van der Waals surface area contributed by atoms with Gasteiger partial charge < -0.3 is 18.3 Å². The molecule has 2 aromatic carbocycles. The van der Waals surface area contributed by atoms with Crippen molar-refractivity contribution in [1.82, 2.24) is 4.98 Å². The van der Waals surface area contributed by atoms with E-state index < -0.39 is 16.0 Å². The molecule has 0 aliphatic rings. The Balaban J connectivity index is 1.52. The number of nitrogens with zero attached hydrogens (tertiary/aromatic N) is 1. The van der Waals surface area contributed by atoms with Crippen LogP contribution in [0.1, 0.15) is 21.9 Å². The first-order valence-electron chi connectivity index (χ1n) is 9.67. The Kier molecular flexibility index (Phi) is 6.34. The van der Waals surface area contributed by atoms with Crippen LogP contribution in [0.3, 0.4) is 0 Å². The first kappa shape index (κ1) is 22.7. The second kappa shape index (κ2) is 9.20. The molecule has 0 spiro atoms. The number of nitrogens with one attached hydrogen (secondary N) is 1. The number of fused-ring (bicyclic) bond motifs is 1. The highest BCUT2D eigenvalue weighted by atomic mass is 32.2. The van der Waals surface area contributed by atoms with Gasteiger partial charge in [-0.2, -0.15) is 0 Å². The molecule has 0 unspecified atom stereocenters. The molecule has 0 aliphatic heterocycles. The van der Waals surface area contributed by atoms with E-state index >= 15 is 0 Å². The number of furan rings is 1. The molecule has 0 saturated heterocycles. The number of rotatable bonds is 8. The third-order valence-corrected chi connectivity index (χ3v) is 6.93. The number of thioether (sulfide) groups is 1. The minimum Gasteiger partial charge on any atom is -0.495 e. The van der Waals surface area contributed by atoms with E-state index in [1.54, 1.807) is 43.3 Å². The number of esters is 1. The van der Waals surface area contributed by atoms with Crippen molar-refractivity contribution in [3.05, 3.63) is 65.6 Å². The number of carbonyl (C=O) groups is 1. The average Bonchev–Trinajstić information content (AvgIpc) is 3.39. The maximum atomic E-state index is 12.9. The van der Waals surface area contributed by atoms with Gasteiger partial charge in [-0.05, 0) is 43.3 Å². The third kappa shape index (κ3) is 4.83. The molecule has 4 aromatic rings. The molecular weight excluding hydrogens is 468 g/mol. The zero-order valence-electron chi connectivity index (χ0n) is 17.9. The van der Waals surface area contributed by atoms with E-state index in [2.05, 4.69) is 9.71 Å². The minimum atomic E-state index is -3.87. The number of ether oxygens (including phenoxy) is 2. The van der Waals surface area contributed by atoms with Gasteiger partial charge in [0.1, 0.15) is 28.4 Å². The highest BCUT2D eigenvalue weighted by molar-refractivity contribution is 7.98. The van der Waals surface area contributed by atoms with E-state index in [9.17, 15) is 13.2 Å². The molecule has 33 heavy (non-hydrogen) atoms. The number of carbonyl (C=O) groups excluding carboxylic acids is 1. The highest BCUT2D eigenvalue weighted by Gasteiger charge is 2.19. The second-order valence-electron chi connectivity index (χ2n) is 6.88. The number of benzene rings is 2. The van der Waals surface area contributed by atoms with Gasteiger partial charge in [-0.15, -0.1) is 0 Å². The molecule has 0 fully saturated rings. The Labute approximate surface area is 194 Å². The molecule has 0 amide bonds. The van der Waals surface area contributed by atoms with Crippen LogP contribution in [0.5, 0.6) is 5.75 Å². The van der Waals surface area contributed by atoms with Gasteiger partial charge in [-0.1, -0.05) is 23.9 Å². The molecule has 4 rings (SSSR count). The second-order valence-corrected chi connectivity index (χ2v) is 9.49. The standard InChI is InChI=1S/C22H20N2O7S2/c1-13-16(21(25)29-3)10-14(30-13)12-32-22-23-18-11-15(8-9-20(18)31-22)33(26,27)24-17-6-4-5-7-19(17)28-2/h4-11,24H,12H2,1-3H3. The van der Waals surface area contributed by atoms with Gasteiger partial charge in [0.05, 0.1) is 30.6 Å². The fourth-order valence-corrected chi connectivity index (χ4v) is 4.92. The van der Waals surface area contributed by atoms with Gasteiger partial charge in [0.15, 0.2) is 5.58 Å². The van der Waals surface area contributed by atoms with Crippen molar-refractivity contribution in [2.24, 2.45) is 0 Å². The summed E-state index contributed by atoms with van der Waals surface area (Å²) in [6.07, 6.45) is 0. The molecule has 1 N–H and O–H groups in total. The summed E-state index contributed by atoms with van der Waals surface area (Å²) in [6.45, 7) is 1.68. The molecule has 2 heterocycles.